The van der Waals surface area contributed by atoms with Gasteiger partial charge in [-0.2, -0.15) is 0 Å². The molecule has 0 radical (unpaired) electrons. The summed E-state index contributed by atoms with van der Waals surface area (Å²) >= 11 is 0. The van der Waals surface area contributed by atoms with Gasteiger partial charge in [-0.25, -0.2) is 0 Å². The highest BCUT2D eigenvalue weighted by atomic mass is 16.5. The van der Waals surface area contributed by atoms with Crippen molar-refractivity contribution in [1.82, 2.24) is 4.90 Å². The van der Waals surface area contributed by atoms with E-state index in [0.29, 0.717) is 17.0 Å². The second-order valence-corrected chi connectivity index (χ2v) is 6.36. The third kappa shape index (κ3) is 3.13. The lowest BCUT2D eigenvalue weighted by molar-refractivity contribution is -0.133. The first-order chi connectivity index (χ1) is 11.5. The van der Waals surface area contributed by atoms with Gasteiger partial charge in [0.1, 0.15) is 12.3 Å². The molecule has 2 heterocycles. The molecule has 0 aliphatic carbocycles. The van der Waals surface area contributed by atoms with E-state index in [1.165, 1.54) is 11.8 Å². The summed E-state index contributed by atoms with van der Waals surface area (Å²) in [5, 5.41) is 0. The molecule has 0 saturated carbocycles. The Hall–Kier alpha value is -2.37. The zero-order valence-corrected chi connectivity index (χ0v) is 14.1. The first kappa shape index (κ1) is 16.5. The molecule has 2 aliphatic heterocycles. The largest absolute Gasteiger partial charge is 0.479 e. The number of hydrogen-bond donors (Lipinski definition) is 0. The summed E-state index contributed by atoms with van der Waals surface area (Å²) < 4.78 is 5.61. The summed E-state index contributed by atoms with van der Waals surface area (Å²) in [5.41, 5.74) is 0.992. The Balaban J connectivity index is 1.88. The number of rotatable bonds is 3. The average Bonchev–Trinajstić information content (AvgIpc) is 2.59. The third-order valence-corrected chi connectivity index (χ3v) is 4.58. The van der Waals surface area contributed by atoms with Crippen molar-refractivity contribution >= 4 is 23.3 Å². The van der Waals surface area contributed by atoms with Crippen LogP contribution in [0.2, 0.25) is 0 Å². The lowest BCUT2D eigenvalue weighted by Crippen LogP contribution is -2.50. The van der Waals surface area contributed by atoms with Crippen LogP contribution in [0.3, 0.4) is 0 Å². The summed E-state index contributed by atoms with van der Waals surface area (Å²) in [6, 6.07) is 4.99. The Bertz CT molecular complexity index is 680. The number of Topliss-reactive ketones (excluding diaryl/α,β-unsaturated/α-hetero) is 1. The van der Waals surface area contributed by atoms with E-state index >= 15 is 0 Å². The summed E-state index contributed by atoms with van der Waals surface area (Å²) in [7, 11) is 0. The minimum atomic E-state index is -0.644. The molecule has 0 spiro atoms. The Kier molecular flexibility index (Phi) is 4.55. The van der Waals surface area contributed by atoms with Gasteiger partial charge in [0.15, 0.2) is 11.9 Å². The molecule has 0 bridgehead atoms. The number of ether oxygens (including phenoxy) is 1. The highest BCUT2D eigenvalue weighted by Gasteiger charge is 2.34. The minimum absolute atomic E-state index is 0.0130. The molecule has 0 unspecified atom stereocenters. The molecule has 6 nitrogen and oxygen atoms in total. The molecule has 0 aromatic heterocycles. The number of anilines is 1. The number of piperidine rings is 1. The zero-order valence-electron chi connectivity index (χ0n) is 14.1. The van der Waals surface area contributed by atoms with Crippen LogP contribution in [0.15, 0.2) is 18.2 Å². The molecule has 128 valence electrons. The number of fused-ring (bicyclic) bond motifs is 1. The van der Waals surface area contributed by atoms with Gasteiger partial charge in [0.05, 0.1) is 5.69 Å². The van der Waals surface area contributed by atoms with Crippen molar-refractivity contribution in [2.75, 3.05) is 24.5 Å². The Morgan fingerprint density at radius 2 is 1.92 bits per heavy atom. The van der Waals surface area contributed by atoms with Crippen LogP contribution < -0.4 is 9.64 Å². The molecule has 2 amide bonds. The van der Waals surface area contributed by atoms with Crippen LogP contribution in [0.5, 0.6) is 5.75 Å². The predicted molar refractivity (Wildman–Crippen MR) is 89.3 cm³/mol. The second kappa shape index (κ2) is 6.63. The van der Waals surface area contributed by atoms with Gasteiger partial charge >= 0.3 is 0 Å². The molecular formula is C18H22N2O4. The van der Waals surface area contributed by atoms with Crippen molar-refractivity contribution in [1.29, 1.82) is 0 Å². The maximum Gasteiger partial charge on any atom is 0.268 e. The van der Waals surface area contributed by atoms with Gasteiger partial charge in [-0.15, -0.1) is 0 Å². The maximum absolute atomic E-state index is 12.6. The van der Waals surface area contributed by atoms with Gasteiger partial charge < -0.3 is 9.64 Å². The molecule has 0 N–H and O–H groups in total. The topological polar surface area (TPSA) is 66.9 Å². The summed E-state index contributed by atoms with van der Waals surface area (Å²) in [4.78, 5) is 40.0. The summed E-state index contributed by atoms with van der Waals surface area (Å²) in [5.74, 6) is 0.120. The lowest BCUT2D eigenvalue weighted by atomic mass is 10.1. The van der Waals surface area contributed by atoms with Gasteiger partial charge in [0, 0.05) is 18.7 Å². The van der Waals surface area contributed by atoms with Gasteiger partial charge in [0.25, 0.3) is 5.91 Å². The van der Waals surface area contributed by atoms with Crippen molar-refractivity contribution in [3.63, 3.8) is 0 Å². The average molecular weight is 330 g/mol. The molecule has 2 aliphatic rings. The molecule has 1 aromatic rings. The Morgan fingerprint density at radius 1 is 1.21 bits per heavy atom. The van der Waals surface area contributed by atoms with Crippen molar-refractivity contribution < 1.29 is 19.1 Å². The number of likely N-dealkylation sites (tertiary alicyclic amines) is 1. The quantitative estimate of drug-likeness (QED) is 0.795. The van der Waals surface area contributed by atoms with Crippen LogP contribution >= 0.6 is 0 Å². The normalized spacial score (nSPS) is 20.4. The van der Waals surface area contributed by atoms with Crippen molar-refractivity contribution in [3.05, 3.63) is 23.8 Å². The fourth-order valence-electron chi connectivity index (χ4n) is 3.17. The van der Waals surface area contributed by atoms with Gasteiger partial charge in [0.2, 0.25) is 5.91 Å². The molecule has 3 rings (SSSR count). The molecule has 1 fully saturated rings. The zero-order chi connectivity index (χ0) is 17.3. The highest BCUT2D eigenvalue weighted by molar-refractivity contribution is 6.05. The van der Waals surface area contributed by atoms with Gasteiger partial charge in [-0.3, -0.25) is 19.3 Å². The highest BCUT2D eigenvalue weighted by Crippen LogP contribution is 2.35. The molecule has 6 heteroatoms. The fourth-order valence-corrected chi connectivity index (χ4v) is 3.17. The number of nitrogens with zero attached hydrogens (tertiary/aromatic N) is 2. The number of carbonyl (C=O) groups excluding carboxylic acids is 3. The number of ketones is 1. The van der Waals surface area contributed by atoms with E-state index in [1.807, 2.05) is 4.90 Å². The lowest BCUT2D eigenvalue weighted by Gasteiger charge is -2.35. The van der Waals surface area contributed by atoms with Crippen LogP contribution in [0, 0.1) is 0 Å². The maximum atomic E-state index is 12.6. The molecule has 24 heavy (non-hydrogen) atoms. The molecule has 1 saturated heterocycles. The van der Waals surface area contributed by atoms with E-state index < -0.39 is 6.10 Å². The predicted octanol–water partition coefficient (Wildman–Crippen LogP) is 2.02. The van der Waals surface area contributed by atoms with E-state index in [-0.39, 0.29) is 24.1 Å². The van der Waals surface area contributed by atoms with Crippen LogP contribution in [0.1, 0.15) is 43.5 Å². The van der Waals surface area contributed by atoms with E-state index in [1.54, 1.807) is 25.1 Å². The fraction of sp³-hybridized carbons (Fsp3) is 0.500. The van der Waals surface area contributed by atoms with Crippen LogP contribution in [0.25, 0.3) is 0 Å². The Labute approximate surface area is 141 Å². The first-order valence-electron chi connectivity index (χ1n) is 8.38. The van der Waals surface area contributed by atoms with Crippen LogP contribution in [-0.2, 0) is 9.59 Å². The molecule has 1 aromatic carbocycles. The number of hydrogen-bond acceptors (Lipinski definition) is 4. The monoisotopic (exact) mass is 330 g/mol. The number of benzene rings is 1. The number of amides is 2. The van der Waals surface area contributed by atoms with E-state index in [4.69, 9.17) is 4.74 Å². The summed E-state index contributed by atoms with van der Waals surface area (Å²) in [6.07, 6.45) is 2.51. The van der Waals surface area contributed by atoms with Crippen molar-refractivity contribution in [2.45, 2.75) is 39.2 Å². The van der Waals surface area contributed by atoms with E-state index in [0.717, 1.165) is 32.4 Å². The van der Waals surface area contributed by atoms with Crippen molar-refractivity contribution in [2.24, 2.45) is 0 Å². The van der Waals surface area contributed by atoms with Crippen molar-refractivity contribution in [3.8, 4) is 5.75 Å². The van der Waals surface area contributed by atoms with Crippen LogP contribution in [0.4, 0.5) is 5.69 Å². The molecular weight excluding hydrogens is 308 g/mol. The standard InChI is InChI=1S/C18H22N2O4/c1-12(21)14-6-7-16-15(10-14)20(18(23)13(2)24-16)11-17(22)19-8-4-3-5-9-19/h6-7,10,13H,3-5,8-9,11H2,1-2H3/t13-/m1/s1. The Morgan fingerprint density at radius 3 is 2.58 bits per heavy atom. The van der Waals surface area contributed by atoms with Gasteiger partial charge in [-0.05, 0) is 51.3 Å². The van der Waals surface area contributed by atoms with E-state index in [2.05, 4.69) is 0 Å². The molecule has 1 atom stereocenters. The van der Waals surface area contributed by atoms with E-state index in [9.17, 15) is 14.4 Å². The summed E-state index contributed by atoms with van der Waals surface area (Å²) in [6.45, 7) is 4.61. The third-order valence-electron chi connectivity index (χ3n) is 4.58. The number of carbonyl (C=O) groups is 3. The SMILES string of the molecule is CC(=O)c1ccc2c(c1)N(CC(=O)N1CCCCC1)C(=O)[C@@H](C)O2. The first-order valence-corrected chi connectivity index (χ1v) is 8.38. The van der Waals surface area contributed by atoms with Gasteiger partial charge in [-0.1, -0.05) is 0 Å². The van der Waals surface area contributed by atoms with Crippen LogP contribution in [-0.4, -0.2) is 48.2 Å². The second-order valence-electron chi connectivity index (χ2n) is 6.36. The minimum Gasteiger partial charge on any atom is -0.479 e. The smallest absolute Gasteiger partial charge is 0.268 e.